The SMILES string of the molecule is CCC(N)C(C)c1nc(-c2ccc([N+](=O)[O-])cc2)no1. The van der Waals surface area contributed by atoms with E-state index >= 15 is 0 Å². The summed E-state index contributed by atoms with van der Waals surface area (Å²) in [5, 5.41) is 14.5. The van der Waals surface area contributed by atoms with Crippen LogP contribution in [-0.4, -0.2) is 21.1 Å². The number of hydrogen-bond donors (Lipinski definition) is 1. The fourth-order valence-electron chi connectivity index (χ4n) is 1.81. The monoisotopic (exact) mass is 276 g/mol. The van der Waals surface area contributed by atoms with Gasteiger partial charge in [0.25, 0.3) is 5.69 Å². The molecule has 0 fully saturated rings. The fraction of sp³-hybridized carbons (Fsp3) is 0.385. The average molecular weight is 276 g/mol. The lowest BCUT2D eigenvalue weighted by Gasteiger charge is -2.13. The first-order valence-corrected chi connectivity index (χ1v) is 6.37. The highest BCUT2D eigenvalue weighted by molar-refractivity contribution is 5.56. The molecule has 20 heavy (non-hydrogen) atoms. The van der Waals surface area contributed by atoms with Gasteiger partial charge in [-0.3, -0.25) is 10.1 Å². The molecule has 1 heterocycles. The maximum absolute atomic E-state index is 10.6. The van der Waals surface area contributed by atoms with Gasteiger partial charge in [-0.15, -0.1) is 0 Å². The van der Waals surface area contributed by atoms with Crippen molar-refractivity contribution in [3.8, 4) is 11.4 Å². The molecule has 1 aromatic carbocycles. The van der Waals surface area contributed by atoms with Gasteiger partial charge in [-0.2, -0.15) is 4.98 Å². The quantitative estimate of drug-likeness (QED) is 0.663. The minimum atomic E-state index is -0.451. The number of benzene rings is 1. The first-order chi connectivity index (χ1) is 9.52. The molecular weight excluding hydrogens is 260 g/mol. The summed E-state index contributed by atoms with van der Waals surface area (Å²) in [5.41, 5.74) is 6.64. The third kappa shape index (κ3) is 2.83. The van der Waals surface area contributed by atoms with Crippen LogP contribution in [0.4, 0.5) is 5.69 Å². The molecule has 1 aromatic heterocycles. The Morgan fingerprint density at radius 1 is 1.40 bits per heavy atom. The summed E-state index contributed by atoms with van der Waals surface area (Å²) >= 11 is 0. The van der Waals surface area contributed by atoms with Crippen LogP contribution >= 0.6 is 0 Å². The summed E-state index contributed by atoms with van der Waals surface area (Å²) in [6.45, 7) is 3.93. The predicted octanol–water partition coefficient (Wildman–Crippen LogP) is 2.49. The normalized spacial score (nSPS) is 13.9. The number of nitrogens with zero attached hydrogens (tertiary/aromatic N) is 3. The molecule has 0 amide bonds. The van der Waals surface area contributed by atoms with Gasteiger partial charge in [-0.05, 0) is 18.6 Å². The second-order valence-corrected chi connectivity index (χ2v) is 4.62. The molecule has 2 aromatic rings. The smallest absolute Gasteiger partial charge is 0.269 e. The highest BCUT2D eigenvalue weighted by Gasteiger charge is 2.20. The van der Waals surface area contributed by atoms with Crippen LogP contribution in [0.5, 0.6) is 0 Å². The van der Waals surface area contributed by atoms with Crippen molar-refractivity contribution >= 4 is 5.69 Å². The summed E-state index contributed by atoms with van der Waals surface area (Å²) in [7, 11) is 0. The van der Waals surface area contributed by atoms with E-state index in [9.17, 15) is 10.1 Å². The zero-order chi connectivity index (χ0) is 14.7. The molecule has 0 saturated heterocycles. The van der Waals surface area contributed by atoms with Crippen LogP contribution in [-0.2, 0) is 0 Å². The van der Waals surface area contributed by atoms with Gasteiger partial charge in [0.15, 0.2) is 0 Å². The van der Waals surface area contributed by atoms with Crippen molar-refractivity contribution in [3.63, 3.8) is 0 Å². The third-order valence-electron chi connectivity index (χ3n) is 3.28. The molecule has 106 valence electrons. The molecule has 0 spiro atoms. The van der Waals surface area contributed by atoms with Gasteiger partial charge in [0.2, 0.25) is 11.7 Å². The second kappa shape index (κ2) is 5.79. The molecule has 2 N–H and O–H groups in total. The molecule has 7 nitrogen and oxygen atoms in total. The molecule has 0 aliphatic heterocycles. The lowest BCUT2D eigenvalue weighted by atomic mass is 10.0. The largest absolute Gasteiger partial charge is 0.339 e. The van der Waals surface area contributed by atoms with Gasteiger partial charge in [-0.25, -0.2) is 0 Å². The van der Waals surface area contributed by atoms with E-state index in [1.165, 1.54) is 12.1 Å². The van der Waals surface area contributed by atoms with Crippen molar-refractivity contribution < 1.29 is 9.45 Å². The van der Waals surface area contributed by atoms with Crippen molar-refractivity contribution in [2.75, 3.05) is 0 Å². The third-order valence-corrected chi connectivity index (χ3v) is 3.28. The molecule has 0 saturated carbocycles. The Kier molecular flexibility index (Phi) is 4.09. The van der Waals surface area contributed by atoms with Crippen LogP contribution in [0.15, 0.2) is 28.8 Å². The summed E-state index contributed by atoms with van der Waals surface area (Å²) in [6, 6.07) is 5.97. The number of nitro benzene ring substituents is 1. The van der Waals surface area contributed by atoms with Crippen molar-refractivity contribution in [2.24, 2.45) is 5.73 Å². The van der Waals surface area contributed by atoms with E-state index in [1.54, 1.807) is 12.1 Å². The Labute approximate surface area is 115 Å². The van der Waals surface area contributed by atoms with E-state index in [4.69, 9.17) is 10.3 Å². The van der Waals surface area contributed by atoms with Crippen LogP contribution in [0.1, 0.15) is 32.1 Å². The molecule has 7 heteroatoms. The predicted molar refractivity (Wildman–Crippen MR) is 73.1 cm³/mol. The summed E-state index contributed by atoms with van der Waals surface area (Å²) in [5.74, 6) is 0.858. The molecular formula is C13H16N4O3. The summed E-state index contributed by atoms with van der Waals surface area (Å²) in [6.07, 6.45) is 0.816. The molecule has 0 bridgehead atoms. The number of aromatic nitrogens is 2. The Bertz CT molecular complexity index is 594. The van der Waals surface area contributed by atoms with Gasteiger partial charge in [-0.1, -0.05) is 19.0 Å². The van der Waals surface area contributed by atoms with Gasteiger partial charge in [0, 0.05) is 23.7 Å². The van der Waals surface area contributed by atoms with Crippen molar-refractivity contribution in [1.82, 2.24) is 10.1 Å². The molecule has 2 rings (SSSR count). The van der Waals surface area contributed by atoms with Crippen LogP contribution in [0.3, 0.4) is 0 Å². The van der Waals surface area contributed by atoms with Crippen molar-refractivity contribution in [3.05, 3.63) is 40.3 Å². The Hall–Kier alpha value is -2.28. The first kappa shape index (κ1) is 14.1. The minimum Gasteiger partial charge on any atom is -0.339 e. The highest BCUT2D eigenvalue weighted by Crippen LogP contribution is 2.23. The van der Waals surface area contributed by atoms with E-state index < -0.39 is 4.92 Å². The molecule has 0 aliphatic carbocycles. The lowest BCUT2D eigenvalue weighted by Crippen LogP contribution is -2.25. The van der Waals surface area contributed by atoms with Crippen LogP contribution < -0.4 is 5.73 Å². The van der Waals surface area contributed by atoms with E-state index in [0.29, 0.717) is 17.3 Å². The minimum absolute atomic E-state index is 0.0267. The molecule has 2 unspecified atom stereocenters. The zero-order valence-electron chi connectivity index (χ0n) is 11.3. The van der Waals surface area contributed by atoms with E-state index in [0.717, 1.165) is 6.42 Å². The topological polar surface area (TPSA) is 108 Å². The van der Waals surface area contributed by atoms with Crippen LogP contribution in [0.25, 0.3) is 11.4 Å². The molecule has 0 aliphatic rings. The van der Waals surface area contributed by atoms with Gasteiger partial charge in [0.05, 0.1) is 10.8 Å². The van der Waals surface area contributed by atoms with Gasteiger partial charge < -0.3 is 10.3 Å². The summed E-state index contributed by atoms with van der Waals surface area (Å²) < 4.78 is 5.21. The van der Waals surface area contributed by atoms with Crippen molar-refractivity contribution in [1.29, 1.82) is 0 Å². The van der Waals surface area contributed by atoms with E-state index in [2.05, 4.69) is 10.1 Å². The maximum atomic E-state index is 10.6. The van der Waals surface area contributed by atoms with Gasteiger partial charge in [0.1, 0.15) is 0 Å². The van der Waals surface area contributed by atoms with Gasteiger partial charge >= 0.3 is 0 Å². The average Bonchev–Trinajstić information content (AvgIpc) is 2.95. The zero-order valence-corrected chi connectivity index (χ0v) is 11.3. The second-order valence-electron chi connectivity index (χ2n) is 4.62. The molecule has 2 atom stereocenters. The summed E-state index contributed by atoms with van der Waals surface area (Å²) in [4.78, 5) is 14.4. The van der Waals surface area contributed by atoms with Crippen LogP contribution in [0, 0.1) is 10.1 Å². The Balaban J connectivity index is 2.22. The highest BCUT2D eigenvalue weighted by atomic mass is 16.6. The number of nitrogens with two attached hydrogens (primary N) is 1. The Morgan fingerprint density at radius 3 is 2.60 bits per heavy atom. The number of nitro groups is 1. The fourth-order valence-corrected chi connectivity index (χ4v) is 1.81. The number of non-ortho nitro benzene ring substituents is 1. The molecule has 0 radical (unpaired) electrons. The van der Waals surface area contributed by atoms with Crippen LogP contribution in [0.2, 0.25) is 0 Å². The lowest BCUT2D eigenvalue weighted by molar-refractivity contribution is -0.384. The van der Waals surface area contributed by atoms with E-state index in [1.807, 2.05) is 13.8 Å². The standard InChI is InChI=1S/C13H16N4O3/c1-3-11(14)8(2)13-15-12(16-20-13)9-4-6-10(7-5-9)17(18)19/h4-8,11H,3,14H2,1-2H3. The van der Waals surface area contributed by atoms with Crippen molar-refractivity contribution in [2.45, 2.75) is 32.2 Å². The maximum Gasteiger partial charge on any atom is 0.269 e. The first-order valence-electron chi connectivity index (χ1n) is 6.37. The number of hydrogen-bond acceptors (Lipinski definition) is 6. The van der Waals surface area contributed by atoms with E-state index in [-0.39, 0.29) is 17.6 Å². The Morgan fingerprint density at radius 2 is 2.05 bits per heavy atom. The number of rotatable bonds is 5.